The van der Waals surface area contributed by atoms with E-state index in [-0.39, 0.29) is 6.54 Å². The van der Waals surface area contributed by atoms with Crippen molar-refractivity contribution in [3.05, 3.63) is 0 Å². The number of nitrogens with one attached hydrogen (secondary N) is 1. The second-order valence-electron chi connectivity index (χ2n) is 2.85. The van der Waals surface area contributed by atoms with Gasteiger partial charge in [0.1, 0.15) is 0 Å². The van der Waals surface area contributed by atoms with Crippen LogP contribution in [0.5, 0.6) is 0 Å². The van der Waals surface area contributed by atoms with Crippen LogP contribution in [-0.4, -0.2) is 29.3 Å². The Bertz CT molecular complexity index is 193. The van der Waals surface area contributed by atoms with Crippen LogP contribution in [-0.2, 0) is 4.79 Å². The zero-order valence-corrected chi connectivity index (χ0v) is 7.40. The minimum absolute atomic E-state index is 0.0162. The maximum absolute atomic E-state index is 12.2. The molecule has 0 spiro atoms. The lowest BCUT2D eigenvalue weighted by molar-refractivity contribution is -0.205. The maximum Gasteiger partial charge on any atom is 0.417 e. The Hall–Kier alpha value is -0.780. The van der Waals surface area contributed by atoms with E-state index in [1.165, 1.54) is 0 Å². The number of aliphatic carboxylic acids is 1. The van der Waals surface area contributed by atoms with Gasteiger partial charge in [-0.25, -0.2) is 4.79 Å². The minimum atomic E-state index is -4.78. The summed E-state index contributed by atoms with van der Waals surface area (Å²) in [6, 6.07) is 0. The highest BCUT2D eigenvalue weighted by Crippen LogP contribution is 2.30. The van der Waals surface area contributed by atoms with Crippen LogP contribution in [0.3, 0.4) is 0 Å². The fourth-order valence-electron chi connectivity index (χ4n) is 0.672. The molecular weight excluding hydrogens is 187 g/mol. The van der Waals surface area contributed by atoms with Crippen LogP contribution >= 0.6 is 0 Å². The van der Waals surface area contributed by atoms with Crippen molar-refractivity contribution in [3.8, 4) is 0 Å². The molecular formula is C7H12F3NO2. The number of hydrogen-bond acceptors (Lipinski definition) is 2. The highest BCUT2D eigenvalue weighted by molar-refractivity contribution is 5.79. The molecule has 0 amide bonds. The molecule has 1 atom stereocenters. The Morgan fingerprint density at radius 3 is 2.15 bits per heavy atom. The Morgan fingerprint density at radius 2 is 1.92 bits per heavy atom. The molecule has 0 aliphatic carbocycles. The molecule has 0 rings (SSSR count). The van der Waals surface area contributed by atoms with Gasteiger partial charge in [0.2, 0.25) is 5.54 Å². The number of alkyl halides is 3. The van der Waals surface area contributed by atoms with Crippen molar-refractivity contribution >= 4 is 5.97 Å². The normalized spacial score (nSPS) is 16.7. The van der Waals surface area contributed by atoms with E-state index < -0.39 is 17.7 Å². The van der Waals surface area contributed by atoms with Gasteiger partial charge in [0.25, 0.3) is 0 Å². The molecule has 1 unspecified atom stereocenters. The highest BCUT2D eigenvalue weighted by atomic mass is 19.4. The van der Waals surface area contributed by atoms with Gasteiger partial charge in [-0.3, -0.25) is 5.32 Å². The number of halogens is 3. The summed E-state index contributed by atoms with van der Waals surface area (Å²) in [5, 5.41) is 10.4. The Labute approximate surface area is 73.9 Å². The fourth-order valence-corrected chi connectivity index (χ4v) is 0.672. The molecule has 0 aliphatic heterocycles. The zero-order chi connectivity index (χ0) is 10.7. The average Bonchev–Trinajstić information content (AvgIpc) is 1.97. The summed E-state index contributed by atoms with van der Waals surface area (Å²) in [6.45, 7) is 2.29. The fraction of sp³-hybridized carbons (Fsp3) is 0.857. The van der Waals surface area contributed by atoms with E-state index in [0.29, 0.717) is 13.3 Å². The molecule has 0 heterocycles. The molecule has 0 bridgehead atoms. The number of carbonyl (C=O) groups is 1. The highest BCUT2D eigenvalue weighted by Gasteiger charge is 2.56. The molecule has 6 heteroatoms. The van der Waals surface area contributed by atoms with Gasteiger partial charge in [-0.1, -0.05) is 6.92 Å². The summed E-state index contributed by atoms with van der Waals surface area (Å²) in [6.07, 6.45) is -4.34. The zero-order valence-electron chi connectivity index (χ0n) is 7.40. The number of carboxylic acids is 1. The van der Waals surface area contributed by atoms with E-state index in [1.807, 2.05) is 5.32 Å². The van der Waals surface area contributed by atoms with Gasteiger partial charge in [-0.05, 0) is 19.9 Å². The van der Waals surface area contributed by atoms with Gasteiger partial charge in [-0.15, -0.1) is 0 Å². The molecule has 0 fully saturated rings. The second kappa shape index (κ2) is 3.95. The van der Waals surface area contributed by atoms with Crippen molar-refractivity contribution < 1.29 is 23.1 Å². The van der Waals surface area contributed by atoms with Gasteiger partial charge in [-0.2, -0.15) is 13.2 Å². The van der Waals surface area contributed by atoms with Crippen molar-refractivity contribution in [1.29, 1.82) is 0 Å². The summed E-state index contributed by atoms with van der Waals surface area (Å²) >= 11 is 0. The number of hydrogen-bond donors (Lipinski definition) is 2. The molecule has 0 aromatic heterocycles. The number of rotatable bonds is 4. The average molecular weight is 199 g/mol. The SMILES string of the molecule is CCCNC(C)(C(=O)O)C(F)(F)F. The van der Waals surface area contributed by atoms with Gasteiger partial charge >= 0.3 is 12.1 Å². The molecule has 0 aliphatic rings. The van der Waals surface area contributed by atoms with Crippen molar-refractivity contribution in [1.82, 2.24) is 5.32 Å². The van der Waals surface area contributed by atoms with Crippen molar-refractivity contribution in [3.63, 3.8) is 0 Å². The molecule has 78 valence electrons. The third kappa shape index (κ3) is 2.58. The third-order valence-electron chi connectivity index (χ3n) is 1.72. The van der Waals surface area contributed by atoms with Gasteiger partial charge in [0.15, 0.2) is 0 Å². The predicted octanol–water partition coefficient (Wildman–Crippen LogP) is 1.39. The van der Waals surface area contributed by atoms with E-state index in [4.69, 9.17) is 5.11 Å². The van der Waals surface area contributed by atoms with E-state index in [9.17, 15) is 18.0 Å². The third-order valence-corrected chi connectivity index (χ3v) is 1.72. The van der Waals surface area contributed by atoms with Crippen LogP contribution in [0.1, 0.15) is 20.3 Å². The summed E-state index contributed by atoms with van der Waals surface area (Å²) < 4.78 is 36.7. The second-order valence-corrected chi connectivity index (χ2v) is 2.85. The smallest absolute Gasteiger partial charge is 0.417 e. The van der Waals surface area contributed by atoms with Crippen LogP contribution in [0.4, 0.5) is 13.2 Å². The van der Waals surface area contributed by atoms with Gasteiger partial charge < -0.3 is 5.11 Å². The molecule has 13 heavy (non-hydrogen) atoms. The standard InChI is InChI=1S/C7H12F3NO2/c1-3-4-11-6(2,5(12)13)7(8,9)10/h11H,3-4H2,1-2H3,(H,12,13). The van der Waals surface area contributed by atoms with Crippen LogP contribution in [0.25, 0.3) is 0 Å². The summed E-state index contributed by atoms with van der Waals surface area (Å²) in [5.41, 5.74) is -2.84. The predicted molar refractivity (Wildman–Crippen MR) is 40.4 cm³/mol. The monoisotopic (exact) mass is 199 g/mol. The lowest BCUT2D eigenvalue weighted by Gasteiger charge is -2.28. The van der Waals surface area contributed by atoms with Gasteiger partial charge in [0, 0.05) is 0 Å². The Kier molecular flexibility index (Phi) is 3.71. The summed E-state index contributed by atoms with van der Waals surface area (Å²) in [4.78, 5) is 10.4. The molecule has 0 radical (unpaired) electrons. The van der Waals surface area contributed by atoms with Crippen LogP contribution < -0.4 is 5.32 Å². The lowest BCUT2D eigenvalue weighted by Crippen LogP contribution is -2.60. The first kappa shape index (κ1) is 12.2. The first-order chi connectivity index (χ1) is 5.75. The largest absolute Gasteiger partial charge is 0.480 e. The van der Waals surface area contributed by atoms with E-state index in [0.717, 1.165) is 0 Å². The molecule has 0 aromatic rings. The van der Waals surface area contributed by atoms with Gasteiger partial charge in [0.05, 0.1) is 0 Å². The Morgan fingerprint density at radius 1 is 1.46 bits per heavy atom. The number of carboxylic acid groups (broad SMARTS) is 1. The molecule has 0 aromatic carbocycles. The Balaban J connectivity index is 4.64. The summed E-state index contributed by atoms with van der Waals surface area (Å²) in [7, 11) is 0. The van der Waals surface area contributed by atoms with E-state index >= 15 is 0 Å². The lowest BCUT2D eigenvalue weighted by atomic mass is 10.0. The van der Waals surface area contributed by atoms with E-state index in [2.05, 4.69) is 0 Å². The quantitative estimate of drug-likeness (QED) is 0.719. The molecule has 0 saturated carbocycles. The van der Waals surface area contributed by atoms with Crippen molar-refractivity contribution in [2.24, 2.45) is 0 Å². The minimum Gasteiger partial charge on any atom is -0.480 e. The molecule has 3 nitrogen and oxygen atoms in total. The van der Waals surface area contributed by atoms with E-state index in [1.54, 1.807) is 6.92 Å². The van der Waals surface area contributed by atoms with Crippen LogP contribution in [0.2, 0.25) is 0 Å². The van der Waals surface area contributed by atoms with Crippen molar-refractivity contribution in [2.75, 3.05) is 6.54 Å². The van der Waals surface area contributed by atoms with Crippen molar-refractivity contribution in [2.45, 2.75) is 32.0 Å². The maximum atomic E-state index is 12.2. The first-order valence-electron chi connectivity index (χ1n) is 3.81. The molecule has 2 N–H and O–H groups in total. The molecule has 0 saturated heterocycles. The first-order valence-corrected chi connectivity index (χ1v) is 3.81. The van der Waals surface area contributed by atoms with Crippen LogP contribution in [0.15, 0.2) is 0 Å². The topological polar surface area (TPSA) is 49.3 Å². The summed E-state index contributed by atoms with van der Waals surface area (Å²) in [5.74, 6) is -1.91. The van der Waals surface area contributed by atoms with Crippen LogP contribution in [0, 0.1) is 0 Å².